The van der Waals surface area contributed by atoms with Crippen molar-refractivity contribution in [2.24, 2.45) is 0 Å². The Balaban J connectivity index is 0.000000861. The summed E-state index contributed by atoms with van der Waals surface area (Å²) < 4.78 is 92.4. The Bertz CT molecular complexity index is 1030. The van der Waals surface area contributed by atoms with Crippen molar-refractivity contribution in [2.75, 3.05) is 41.1 Å². The first-order valence-electron chi connectivity index (χ1n) is 9.26. The standard InChI is InChI=1S/C16H26N2O6S2.H2O4S/c1-14-6-7-15-16(12-14)18(9-3-5-11-26(22,23)24)13-17(15)8-2-4-10-25(19,20)21;1-5(2,3)4/h6-7,12H,2-5,8-11,13H2,1H3,(H,19,20,21)(H,22,23,24);(H2,1,2,3,4). The first kappa shape index (κ1) is 27.5. The van der Waals surface area contributed by atoms with Crippen molar-refractivity contribution in [3.8, 4) is 0 Å². The van der Waals surface area contributed by atoms with E-state index in [4.69, 9.17) is 26.6 Å². The third-order valence-electron chi connectivity index (χ3n) is 4.31. The van der Waals surface area contributed by atoms with Gasteiger partial charge in [-0.1, -0.05) is 6.07 Å². The number of nitrogens with zero attached hydrogens (tertiary/aromatic N) is 2. The van der Waals surface area contributed by atoms with Crippen molar-refractivity contribution in [1.82, 2.24) is 0 Å². The van der Waals surface area contributed by atoms with E-state index < -0.39 is 30.6 Å². The Morgan fingerprint density at radius 3 is 1.58 bits per heavy atom. The Morgan fingerprint density at radius 1 is 0.742 bits per heavy atom. The molecule has 1 aromatic carbocycles. The van der Waals surface area contributed by atoms with E-state index in [0.717, 1.165) is 16.9 Å². The zero-order valence-electron chi connectivity index (χ0n) is 17.0. The normalized spacial score (nSPS) is 14.2. The van der Waals surface area contributed by atoms with Gasteiger partial charge < -0.3 is 9.80 Å². The molecule has 31 heavy (non-hydrogen) atoms. The fraction of sp³-hybridized carbons (Fsp3) is 0.625. The molecule has 180 valence electrons. The van der Waals surface area contributed by atoms with Gasteiger partial charge in [0.25, 0.3) is 20.2 Å². The molecule has 0 fully saturated rings. The van der Waals surface area contributed by atoms with Gasteiger partial charge in [0, 0.05) is 13.1 Å². The molecule has 0 radical (unpaired) electrons. The molecular weight excluding hydrogens is 476 g/mol. The lowest BCUT2D eigenvalue weighted by atomic mass is 10.1. The Labute approximate surface area is 182 Å². The molecule has 2 rings (SSSR count). The Hall–Kier alpha value is -1.49. The molecule has 0 spiro atoms. The zero-order valence-corrected chi connectivity index (χ0v) is 19.4. The fourth-order valence-corrected chi connectivity index (χ4v) is 4.21. The minimum absolute atomic E-state index is 0.235. The smallest absolute Gasteiger partial charge is 0.352 e. The summed E-state index contributed by atoms with van der Waals surface area (Å²) in [6.45, 7) is 4.00. The van der Waals surface area contributed by atoms with Crippen molar-refractivity contribution >= 4 is 42.0 Å². The monoisotopic (exact) mass is 504 g/mol. The summed E-state index contributed by atoms with van der Waals surface area (Å²) in [5.74, 6) is -0.470. The molecule has 0 amide bonds. The van der Waals surface area contributed by atoms with E-state index in [1.54, 1.807) is 0 Å². The predicted octanol–water partition coefficient (Wildman–Crippen LogP) is 1.26. The van der Waals surface area contributed by atoms with E-state index >= 15 is 0 Å². The van der Waals surface area contributed by atoms with Crippen LogP contribution in [0.3, 0.4) is 0 Å². The number of hydrogen-bond acceptors (Lipinski definition) is 8. The van der Waals surface area contributed by atoms with Crippen molar-refractivity contribution in [3.63, 3.8) is 0 Å². The third-order valence-corrected chi connectivity index (χ3v) is 5.92. The molecule has 0 saturated carbocycles. The average Bonchev–Trinajstić information content (AvgIpc) is 2.89. The third kappa shape index (κ3) is 12.8. The molecule has 0 aromatic heterocycles. The van der Waals surface area contributed by atoms with Crippen LogP contribution in [-0.4, -0.2) is 74.7 Å². The first-order valence-corrected chi connectivity index (χ1v) is 13.9. The van der Waals surface area contributed by atoms with E-state index in [9.17, 15) is 16.8 Å². The molecule has 4 N–H and O–H groups in total. The van der Waals surface area contributed by atoms with Crippen LogP contribution in [-0.2, 0) is 30.6 Å². The molecule has 0 bridgehead atoms. The zero-order chi connectivity index (χ0) is 23.9. The average molecular weight is 505 g/mol. The molecular formula is C16H28N2O10S3. The van der Waals surface area contributed by atoms with Gasteiger partial charge in [-0.05, 0) is 50.3 Å². The summed E-state index contributed by atoms with van der Waals surface area (Å²) in [5, 5.41) is 0. The summed E-state index contributed by atoms with van der Waals surface area (Å²) in [6, 6.07) is 6.13. The van der Waals surface area contributed by atoms with Gasteiger partial charge in [0.05, 0.1) is 29.5 Å². The number of fused-ring (bicyclic) bond motifs is 1. The highest BCUT2D eigenvalue weighted by molar-refractivity contribution is 7.86. The van der Waals surface area contributed by atoms with Gasteiger partial charge in [0.1, 0.15) is 0 Å². The second-order valence-corrected chi connectivity index (χ2v) is 11.1. The van der Waals surface area contributed by atoms with Crippen LogP contribution in [0.5, 0.6) is 0 Å². The van der Waals surface area contributed by atoms with Crippen molar-refractivity contribution < 1.29 is 43.5 Å². The highest BCUT2D eigenvalue weighted by Crippen LogP contribution is 2.36. The summed E-state index contributed by atoms with van der Waals surface area (Å²) in [7, 11) is -12.5. The summed E-state index contributed by atoms with van der Waals surface area (Å²) >= 11 is 0. The second-order valence-electron chi connectivity index (χ2n) is 7.09. The molecule has 0 saturated heterocycles. The summed E-state index contributed by atoms with van der Waals surface area (Å²) in [4.78, 5) is 4.32. The molecule has 0 aliphatic carbocycles. The van der Waals surface area contributed by atoms with Crippen LogP contribution < -0.4 is 9.80 Å². The lowest BCUT2D eigenvalue weighted by molar-refractivity contribution is 0.380. The summed E-state index contributed by atoms with van der Waals surface area (Å²) in [5.41, 5.74) is 3.27. The highest BCUT2D eigenvalue weighted by atomic mass is 32.3. The van der Waals surface area contributed by atoms with Gasteiger partial charge in [-0.15, -0.1) is 0 Å². The molecule has 0 unspecified atom stereocenters. The maximum absolute atomic E-state index is 10.8. The lowest BCUT2D eigenvalue weighted by Gasteiger charge is -2.21. The highest BCUT2D eigenvalue weighted by Gasteiger charge is 2.25. The van der Waals surface area contributed by atoms with Crippen LogP contribution in [0.1, 0.15) is 31.2 Å². The minimum Gasteiger partial charge on any atom is -0.352 e. The van der Waals surface area contributed by atoms with E-state index in [2.05, 4.69) is 15.9 Å². The maximum atomic E-state index is 10.8. The van der Waals surface area contributed by atoms with Crippen LogP contribution >= 0.6 is 0 Å². The quantitative estimate of drug-likeness (QED) is 0.264. The van der Waals surface area contributed by atoms with Crippen LogP contribution in [0.2, 0.25) is 0 Å². The predicted molar refractivity (Wildman–Crippen MR) is 116 cm³/mol. The fourth-order valence-electron chi connectivity index (χ4n) is 3.07. The Kier molecular flexibility index (Phi) is 10.1. The van der Waals surface area contributed by atoms with Gasteiger partial charge >= 0.3 is 10.4 Å². The van der Waals surface area contributed by atoms with E-state index in [-0.39, 0.29) is 11.5 Å². The van der Waals surface area contributed by atoms with Gasteiger partial charge in [0.15, 0.2) is 0 Å². The van der Waals surface area contributed by atoms with Crippen LogP contribution in [0.25, 0.3) is 0 Å². The van der Waals surface area contributed by atoms with Gasteiger partial charge in [0.2, 0.25) is 0 Å². The number of aryl methyl sites for hydroxylation is 1. The number of benzene rings is 1. The van der Waals surface area contributed by atoms with Crippen LogP contribution in [0.4, 0.5) is 11.4 Å². The molecule has 1 aromatic rings. The lowest BCUT2D eigenvalue weighted by Crippen LogP contribution is -2.32. The minimum atomic E-state index is -4.67. The van der Waals surface area contributed by atoms with Crippen molar-refractivity contribution in [1.29, 1.82) is 0 Å². The molecule has 15 heteroatoms. The van der Waals surface area contributed by atoms with Crippen LogP contribution in [0.15, 0.2) is 18.2 Å². The Morgan fingerprint density at radius 2 is 1.16 bits per heavy atom. The maximum Gasteiger partial charge on any atom is 0.394 e. The molecule has 1 aliphatic heterocycles. The van der Waals surface area contributed by atoms with Gasteiger partial charge in [-0.25, -0.2) is 0 Å². The van der Waals surface area contributed by atoms with Crippen molar-refractivity contribution in [3.05, 3.63) is 23.8 Å². The topological polar surface area (TPSA) is 190 Å². The van der Waals surface area contributed by atoms with E-state index in [1.807, 2.05) is 19.1 Å². The second kappa shape index (κ2) is 11.4. The number of rotatable bonds is 10. The van der Waals surface area contributed by atoms with E-state index in [0.29, 0.717) is 45.4 Å². The van der Waals surface area contributed by atoms with Gasteiger partial charge in [-0.3, -0.25) is 18.2 Å². The molecule has 1 heterocycles. The number of unbranched alkanes of at least 4 members (excludes halogenated alkanes) is 2. The molecule has 1 aliphatic rings. The summed E-state index contributed by atoms with van der Waals surface area (Å²) in [6.07, 6.45) is 2.07. The molecule has 0 atom stereocenters. The van der Waals surface area contributed by atoms with E-state index in [1.165, 1.54) is 0 Å². The van der Waals surface area contributed by atoms with Gasteiger partial charge in [-0.2, -0.15) is 25.3 Å². The van der Waals surface area contributed by atoms with Crippen LogP contribution in [0, 0.1) is 6.92 Å². The number of hydrogen-bond donors (Lipinski definition) is 4. The molecule has 12 nitrogen and oxygen atoms in total. The van der Waals surface area contributed by atoms with Crippen molar-refractivity contribution in [2.45, 2.75) is 32.6 Å². The number of anilines is 2. The largest absolute Gasteiger partial charge is 0.394 e. The SMILES string of the molecule is Cc1ccc2c(c1)N(CCCCS(=O)(=O)O)CN2CCCCS(=O)(=O)O.O=S(=O)(O)O. The first-order chi connectivity index (χ1) is 14.1.